The van der Waals surface area contributed by atoms with Gasteiger partial charge >= 0.3 is 17.9 Å². The molecular formula is C58H101N9O16. The van der Waals surface area contributed by atoms with E-state index in [4.69, 9.17) is 14.2 Å². The fourth-order valence-corrected chi connectivity index (χ4v) is 10.6. The molecular weight excluding hydrogens is 1080 g/mol. The van der Waals surface area contributed by atoms with Gasteiger partial charge in [-0.25, -0.2) is 4.79 Å². The molecule has 9 amide bonds. The van der Waals surface area contributed by atoms with Crippen LogP contribution >= 0.6 is 0 Å². The number of aliphatic hydroxyl groups excluding tert-OH is 1. The number of amides is 9. The summed E-state index contributed by atoms with van der Waals surface area (Å²) in [5.74, 6) is -12.0. The summed E-state index contributed by atoms with van der Waals surface area (Å²) < 4.78 is 14.8. The molecule has 0 radical (unpaired) electrons. The van der Waals surface area contributed by atoms with Crippen LogP contribution in [0.4, 0.5) is 0 Å². The zero-order valence-corrected chi connectivity index (χ0v) is 53.4. The van der Waals surface area contributed by atoms with Crippen molar-refractivity contribution in [1.82, 2.24) is 45.3 Å². The summed E-state index contributed by atoms with van der Waals surface area (Å²) in [6.45, 7) is 22.3. The van der Waals surface area contributed by atoms with Crippen LogP contribution < -0.4 is 16.0 Å². The number of piperidine rings is 1. The maximum atomic E-state index is 15.1. The fourth-order valence-electron chi connectivity index (χ4n) is 10.6. The lowest BCUT2D eigenvalue weighted by molar-refractivity contribution is -0.158. The van der Waals surface area contributed by atoms with Gasteiger partial charge in [-0.05, 0) is 68.1 Å². The summed E-state index contributed by atoms with van der Waals surface area (Å²) in [6.07, 6.45) is -0.263. The molecule has 25 heteroatoms. The average molecular weight is 1180 g/mol. The molecule has 1 fully saturated rings. The van der Waals surface area contributed by atoms with Crippen LogP contribution in [0.5, 0.6) is 0 Å². The monoisotopic (exact) mass is 1180 g/mol. The number of likely N-dealkylation sites (N-methyl/N-ethyl adjacent to an activating group) is 5. The predicted octanol–water partition coefficient (Wildman–Crippen LogP) is 1.74. The molecule has 0 aromatic heterocycles. The molecule has 0 spiro atoms. The number of hydrogen-bond donors (Lipinski definition) is 4. The van der Waals surface area contributed by atoms with Crippen molar-refractivity contribution in [2.24, 2.45) is 35.5 Å². The van der Waals surface area contributed by atoms with Crippen LogP contribution in [0.15, 0.2) is 0 Å². The molecule has 1 heterocycles. The molecule has 1 rings (SSSR count). The molecule has 25 nitrogen and oxygen atoms in total. The van der Waals surface area contributed by atoms with E-state index in [0.717, 1.165) is 33.8 Å². The van der Waals surface area contributed by atoms with E-state index in [0.29, 0.717) is 32.1 Å². The first-order chi connectivity index (χ1) is 38.5. The maximum absolute atomic E-state index is 15.1. The molecule has 474 valence electrons. The van der Waals surface area contributed by atoms with Crippen molar-refractivity contribution < 1.29 is 76.9 Å². The highest BCUT2D eigenvalue weighted by molar-refractivity contribution is 6.00. The smallest absolute Gasteiger partial charge is 0.328 e. The van der Waals surface area contributed by atoms with E-state index in [1.54, 1.807) is 69.2 Å². The van der Waals surface area contributed by atoms with Crippen LogP contribution in [-0.4, -0.2) is 229 Å². The Labute approximate surface area is 492 Å². The topological polar surface area (TPSA) is 308 Å². The number of aliphatic hydroxyl groups is 1. The Bertz CT molecular complexity index is 2260. The van der Waals surface area contributed by atoms with E-state index < -0.39 is 174 Å². The van der Waals surface area contributed by atoms with Gasteiger partial charge in [-0.2, -0.15) is 0 Å². The molecule has 0 aromatic rings. The van der Waals surface area contributed by atoms with E-state index >= 15 is 9.59 Å². The number of nitrogens with zero attached hydrogens (tertiary/aromatic N) is 6. The Balaban J connectivity index is 3.80. The normalized spacial score (nSPS) is 17.4. The highest BCUT2D eigenvalue weighted by atomic mass is 16.5. The van der Waals surface area contributed by atoms with Gasteiger partial charge in [0.25, 0.3) is 5.91 Å². The summed E-state index contributed by atoms with van der Waals surface area (Å²) in [5, 5.41) is 18.2. The molecule has 1 saturated heterocycles. The van der Waals surface area contributed by atoms with Gasteiger partial charge in [-0.15, -0.1) is 0 Å². The number of hydrogen-bond acceptors (Lipinski definition) is 16. The van der Waals surface area contributed by atoms with E-state index in [-0.39, 0.29) is 18.9 Å². The lowest BCUT2D eigenvalue weighted by Gasteiger charge is -2.41. The maximum Gasteiger partial charge on any atom is 0.328 e. The molecule has 2 unspecified atom stereocenters. The lowest BCUT2D eigenvalue weighted by Crippen LogP contribution is -2.63. The van der Waals surface area contributed by atoms with Crippen LogP contribution in [0, 0.1) is 35.5 Å². The molecule has 12 atom stereocenters. The number of methoxy groups -OCH3 is 3. The van der Waals surface area contributed by atoms with Crippen molar-refractivity contribution in [2.75, 3.05) is 63.1 Å². The zero-order valence-electron chi connectivity index (χ0n) is 53.4. The quantitative estimate of drug-likeness (QED) is 0.0568. The summed E-state index contributed by atoms with van der Waals surface area (Å²) in [5.41, 5.74) is 0. The van der Waals surface area contributed by atoms with Crippen molar-refractivity contribution >= 4 is 71.1 Å². The molecule has 83 heavy (non-hydrogen) atoms. The second kappa shape index (κ2) is 34.4. The van der Waals surface area contributed by atoms with Crippen molar-refractivity contribution in [3.8, 4) is 0 Å². The number of nitrogens with one attached hydrogen (secondary N) is 3. The molecule has 0 aromatic carbocycles. The van der Waals surface area contributed by atoms with Gasteiger partial charge in [-0.3, -0.25) is 52.7 Å². The van der Waals surface area contributed by atoms with Gasteiger partial charge in [0, 0.05) is 41.8 Å². The molecule has 0 aliphatic carbocycles. The predicted molar refractivity (Wildman–Crippen MR) is 308 cm³/mol. The van der Waals surface area contributed by atoms with E-state index in [1.165, 1.54) is 59.1 Å². The van der Waals surface area contributed by atoms with Crippen molar-refractivity contribution in [1.29, 1.82) is 0 Å². The zero-order chi connectivity index (χ0) is 64.2. The molecule has 0 saturated carbocycles. The number of carbonyl (C=O) groups is 12. The van der Waals surface area contributed by atoms with Crippen molar-refractivity contribution in [3.63, 3.8) is 0 Å². The minimum absolute atomic E-state index is 0.0237. The van der Waals surface area contributed by atoms with Crippen LogP contribution in [0.1, 0.15) is 141 Å². The Kier molecular flexibility index (Phi) is 30.9. The van der Waals surface area contributed by atoms with Crippen LogP contribution in [-0.2, 0) is 71.7 Å². The largest absolute Gasteiger partial charge is 0.469 e. The standard InChI is InChI=1S/C58H101N9O16/c1-22-35(11)47(51(73)59-38(29-42(69)81-19)53(75)63(15)45(33(7)8)49(71)60-39(28-31(3)4)58(80)83-21)65(17)57(79)48(36(12)23-2)66(18)55(77)41(30-43(70)82-20)62(14)56(78)44(32(5)6)61-50(72)46(34(9)10)64(16)54(76)40-26-24-25-27-67(40)52(74)37(13)68/h31-41,44-48,68H,22-30H2,1-21H3,(H,59,73)(H,60,71)(H,61,72)/t35-,36-,37?,38-,39-,40?,41-,44+,45+,46-,47-,48-/m0/s1. The number of esters is 3. The SMILES string of the molecule is CC[C@H](C)[C@@H](C(=O)N[C@@H](CC(=O)OC)C(=O)N(C)[C@@H](C(=O)N[C@@H](CC(C)C)C(=O)OC)C(C)C)N(C)C(=O)[C@H]([C@@H](C)CC)N(C)C(=O)[C@H](CC(=O)OC)N(C)C(=O)[C@H](NC(=O)[C@H](C(C)C)N(C)C(=O)C1CCCCN1C(=O)C(C)O)C(C)C. The second-order valence-electron chi connectivity index (χ2n) is 23.6. The first-order valence-corrected chi connectivity index (χ1v) is 29.0. The number of likely N-dealkylation sites (tertiary alicyclic amines) is 1. The summed E-state index contributed by atoms with van der Waals surface area (Å²) >= 11 is 0. The summed E-state index contributed by atoms with van der Waals surface area (Å²) in [6, 6.07) is -11.6. The Morgan fingerprint density at radius 1 is 0.518 bits per heavy atom. The Hall–Kier alpha value is -6.40. The fraction of sp³-hybridized carbons (Fsp3) is 0.793. The van der Waals surface area contributed by atoms with Gasteiger partial charge < -0.3 is 64.7 Å². The number of rotatable bonds is 31. The Morgan fingerprint density at radius 2 is 0.976 bits per heavy atom. The molecule has 1 aliphatic heterocycles. The average Bonchev–Trinajstić information content (AvgIpc) is 3.63. The van der Waals surface area contributed by atoms with Gasteiger partial charge in [0.1, 0.15) is 60.5 Å². The third kappa shape index (κ3) is 20.1. The van der Waals surface area contributed by atoms with Crippen LogP contribution in [0.3, 0.4) is 0 Å². The third-order valence-corrected chi connectivity index (χ3v) is 15.8. The highest BCUT2D eigenvalue weighted by Crippen LogP contribution is 2.26. The molecule has 4 N–H and O–H groups in total. The van der Waals surface area contributed by atoms with Crippen molar-refractivity contribution in [3.05, 3.63) is 0 Å². The minimum atomic E-state index is -1.63. The van der Waals surface area contributed by atoms with Crippen LogP contribution in [0.25, 0.3) is 0 Å². The Morgan fingerprint density at radius 3 is 1.45 bits per heavy atom. The minimum Gasteiger partial charge on any atom is -0.469 e. The first-order valence-electron chi connectivity index (χ1n) is 29.0. The van der Waals surface area contributed by atoms with E-state index in [9.17, 15) is 53.1 Å². The molecule has 1 aliphatic rings. The lowest BCUT2D eigenvalue weighted by atomic mass is 9.92. The van der Waals surface area contributed by atoms with E-state index in [2.05, 4.69) is 16.0 Å². The first kappa shape index (κ1) is 74.6. The number of ether oxygens (including phenoxy) is 3. The second-order valence-corrected chi connectivity index (χ2v) is 23.6. The number of carbonyl (C=O) groups excluding carboxylic acids is 12. The van der Waals surface area contributed by atoms with E-state index in [1.807, 2.05) is 13.8 Å². The van der Waals surface area contributed by atoms with Crippen molar-refractivity contribution in [2.45, 2.75) is 202 Å². The van der Waals surface area contributed by atoms with Gasteiger partial charge in [-0.1, -0.05) is 95.9 Å². The third-order valence-electron chi connectivity index (χ3n) is 15.8. The highest BCUT2D eigenvalue weighted by Gasteiger charge is 2.46. The van der Waals surface area contributed by atoms with Crippen LogP contribution in [0.2, 0.25) is 0 Å². The van der Waals surface area contributed by atoms with Gasteiger partial charge in [0.2, 0.25) is 47.3 Å². The van der Waals surface area contributed by atoms with Gasteiger partial charge in [0.15, 0.2) is 0 Å². The summed E-state index contributed by atoms with van der Waals surface area (Å²) in [7, 11) is 10.1. The molecule has 0 bridgehead atoms. The van der Waals surface area contributed by atoms with Gasteiger partial charge in [0.05, 0.1) is 34.2 Å². The summed E-state index contributed by atoms with van der Waals surface area (Å²) in [4.78, 5) is 175.